The molecule has 0 fully saturated rings. The van der Waals surface area contributed by atoms with E-state index < -0.39 is 61.2 Å². The second-order valence-electron chi connectivity index (χ2n) is 6.10. The fraction of sp³-hybridized carbons (Fsp3) is 0.846. The van der Waals surface area contributed by atoms with Gasteiger partial charge in [0.2, 0.25) is 0 Å². The van der Waals surface area contributed by atoms with Crippen molar-refractivity contribution in [1.29, 1.82) is 0 Å². The third-order valence-electron chi connectivity index (χ3n) is 3.14. The molecule has 0 saturated carbocycles. The van der Waals surface area contributed by atoms with Crippen LogP contribution in [0.15, 0.2) is 0 Å². The molecule has 0 aromatic carbocycles. The summed E-state index contributed by atoms with van der Waals surface area (Å²) in [6, 6.07) is 0. The van der Waals surface area contributed by atoms with E-state index in [1.165, 1.54) is 0 Å². The number of carbonyl (C=O) groups is 2. The van der Waals surface area contributed by atoms with Crippen molar-refractivity contribution in [3.05, 3.63) is 0 Å². The Morgan fingerprint density at radius 2 is 1.25 bits per heavy atom. The van der Waals surface area contributed by atoms with Crippen molar-refractivity contribution >= 4 is 11.9 Å². The molecular weight excluding hydrogens is 341 g/mol. The maximum absolute atomic E-state index is 12.5. The lowest BCUT2D eigenvalue weighted by Crippen LogP contribution is -2.52. The molecule has 0 amide bonds. The average Bonchev–Trinajstić information content (AvgIpc) is 2.45. The molecular formula is C13H21F3O8. The summed E-state index contributed by atoms with van der Waals surface area (Å²) in [5.41, 5.74) is -7.47. The molecule has 4 N–H and O–H groups in total. The fourth-order valence-electron chi connectivity index (χ4n) is 1.14. The number of esters is 2. The van der Waals surface area contributed by atoms with E-state index in [-0.39, 0.29) is 6.92 Å². The summed E-state index contributed by atoms with van der Waals surface area (Å²) in [5, 5.41) is 37.1. The van der Waals surface area contributed by atoms with Gasteiger partial charge in [0.1, 0.15) is 13.2 Å². The number of carbonyl (C=O) groups excluding carboxylic acids is 2. The van der Waals surface area contributed by atoms with Crippen LogP contribution in [0.5, 0.6) is 0 Å². The van der Waals surface area contributed by atoms with E-state index in [1.807, 2.05) is 0 Å². The Labute approximate surface area is 135 Å². The summed E-state index contributed by atoms with van der Waals surface area (Å²) in [7, 11) is 0. The van der Waals surface area contributed by atoms with E-state index in [2.05, 4.69) is 9.47 Å². The second kappa shape index (κ2) is 7.64. The summed E-state index contributed by atoms with van der Waals surface area (Å²) in [6.45, 7) is -1.14. The first-order chi connectivity index (χ1) is 10.6. The Hall–Kier alpha value is -1.43. The molecule has 1 atom stereocenters. The Bertz CT molecular complexity index is 449. The first-order valence-electron chi connectivity index (χ1n) is 6.70. The number of hydrogen-bond acceptors (Lipinski definition) is 8. The highest BCUT2D eigenvalue weighted by Gasteiger charge is 2.57. The Morgan fingerprint density at radius 3 is 1.54 bits per heavy atom. The number of aliphatic hydroxyl groups is 4. The van der Waals surface area contributed by atoms with E-state index >= 15 is 0 Å². The molecule has 142 valence electrons. The molecule has 8 nitrogen and oxygen atoms in total. The van der Waals surface area contributed by atoms with E-state index in [0.717, 1.165) is 13.8 Å². The average molecular weight is 362 g/mol. The molecule has 0 heterocycles. The molecule has 0 spiro atoms. The standard InChI is InChI=1S/C13H21F3O8/c1-10(2,21)8(19)23-6-12(4-17,5-18)7-24-9(20)11(3,22)13(14,15)16/h17-18,21-22H,4-7H2,1-3H3. The predicted molar refractivity (Wildman–Crippen MR) is 71.5 cm³/mol. The first-order valence-corrected chi connectivity index (χ1v) is 6.70. The second-order valence-corrected chi connectivity index (χ2v) is 6.10. The van der Waals surface area contributed by atoms with Gasteiger partial charge in [-0.05, 0) is 20.8 Å². The van der Waals surface area contributed by atoms with Crippen LogP contribution in [-0.4, -0.2) is 76.2 Å². The van der Waals surface area contributed by atoms with Gasteiger partial charge in [-0.25, -0.2) is 9.59 Å². The zero-order valence-electron chi connectivity index (χ0n) is 13.4. The number of alkyl halides is 3. The van der Waals surface area contributed by atoms with Gasteiger partial charge in [-0.15, -0.1) is 0 Å². The van der Waals surface area contributed by atoms with E-state index in [1.54, 1.807) is 0 Å². The molecule has 11 heteroatoms. The van der Waals surface area contributed by atoms with Crippen LogP contribution in [0.2, 0.25) is 0 Å². The van der Waals surface area contributed by atoms with Gasteiger partial charge in [-0.2, -0.15) is 13.2 Å². The van der Waals surface area contributed by atoms with Crippen LogP contribution >= 0.6 is 0 Å². The molecule has 0 radical (unpaired) electrons. The maximum atomic E-state index is 12.5. The Morgan fingerprint density at radius 1 is 0.875 bits per heavy atom. The smallest absolute Gasteiger partial charge is 0.427 e. The number of hydrogen-bond donors (Lipinski definition) is 4. The van der Waals surface area contributed by atoms with Crippen molar-refractivity contribution in [2.45, 2.75) is 38.1 Å². The minimum Gasteiger partial charge on any atom is -0.463 e. The molecule has 0 aromatic heterocycles. The Balaban J connectivity index is 4.97. The summed E-state index contributed by atoms with van der Waals surface area (Å²) in [6.07, 6.45) is -5.29. The highest BCUT2D eigenvalue weighted by molar-refractivity contribution is 5.80. The van der Waals surface area contributed by atoms with Crippen molar-refractivity contribution < 1.29 is 52.7 Å². The Kier molecular flexibility index (Phi) is 7.18. The van der Waals surface area contributed by atoms with Crippen molar-refractivity contribution in [1.82, 2.24) is 0 Å². The van der Waals surface area contributed by atoms with E-state index in [4.69, 9.17) is 5.11 Å². The number of ether oxygens (including phenoxy) is 2. The topological polar surface area (TPSA) is 134 Å². The monoisotopic (exact) mass is 362 g/mol. The molecule has 0 bridgehead atoms. The van der Waals surface area contributed by atoms with Gasteiger partial charge in [0.05, 0.1) is 18.6 Å². The molecule has 24 heavy (non-hydrogen) atoms. The summed E-state index contributed by atoms with van der Waals surface area (Å²) in [4.78, 5) is 22.8. The van der Waals surface area contributed by atoms with Gasteiger partial charge >= 0.3 is 18.1 Å². The molecule has 1 unspecified atom stereocenters. The van der Waals surface area contributed by atoms with Crippen LogP contribution in [0, 0.1) is 5.41 Å². The lowest BCUT2D eigenvalue weighted by atomic mass is 9.92. The fourth-order valence-corrected chi connectivity index (χ4v) is 1.14. The largest absolute Gasteiger partial charge is 0.463 e. The molecule has 0 aliphatic heterocycles. The van der Waals surface area contributed by atoms with Crippen LogP contribution in [0.4, 0.5) is 13.2 Å². The molecule has 0 rings (SSSR count). The van der Waals surface area contributed by atoms with Gasteiger partial charge in [0.25, 0.3) is 5.60 Å². The third kappa shape index (κ3) is 5.58. The molecule has 0 aromatic rings. The normalized spacial score (nSPS) is 15.6. The highest BCUT2D eigenvalue weighted by Crippen LogP contribution is 2.31. The predicted octanol–water partition coefficient (Wildman–Crippen LogP) is -0.872. The van der Waals surface area contributed by atoms with Crippen LogP contribution < -0.4 is 0 Å². The molecule has 0 aliphatic carbocycles. The maximum Gasteiger partial charge on any atom is 0.427 e. The van der Waals surface area contributed by atoms with Gasteiger partial charge in [0, 0.05) is 0 Å². The molecule has 0 saturated heterocycles. The van der Waals surface area contributed by atoms with Crippen molar-refractivity contribution in [3.8, 4) is 0 Å². The van der Waals surface area contributed by atoms with Crippen LogP contribution in [0.1, 0.15) is 20.8 Å². The summed E-state index contributed by atoms with van der Waals surface area (Å²) >= 11 is 0. The zero-order chi connectivity index (χ0) is 19.4. The van der Waals surface area contributed by atoms with Crippen molar-refractivity contribution in [2.75, 3.05) is 26.4 Å². The SMILES string of the molecule is CC(C)(O)C(=O)OCC(CO)(CO)COC(=O)C(C)(O)C(F)(F)F. The van der Waals surface area contributed by atoms with E-state index in [9.17, 15) is 38.1 Å². The van der Waals surface area contributed by atoms with Crippen molar-refractivity contribution in [2.24, 2.45) is 5.41 Å². The lowest BCUT2D eigenvalue weighted by Gasteiger charge is -2.31. The highest BCUT2D eigenvalue weighted by atomic mass is 19.4. The zero-order valence-corrected chi connectivity index (χ0v) is 13.4. The number of rotatable bonds is 8. The van der Waals surface area contributed by atoms with Gasteiger partial charge < -0.3 is 29.9 Å². The summed E-state index contributed by atoms with van der Waals surface area (Å²) < 4.78 is 46.5. The third-order valence-corrected chi connectivity index (χ3v) is 3.14. The first kappa shape index (κ1) is 22.6. The lowest BCUT2D eigenvalue weighted by molar-refractivity contribution is -0.258. The summed E-state index contributed by atoms with van der Waals surface area (Å²) in [5.74, 6) is -3.17. The minimum atomic E-state index is -5.29. The van der Waals surface area contributed by atoms with Crippen LogP contribution in [0.3, 0.4) is 0 Å². The number of halogens is 3. The quantitative estimate of drug-likeness (QED) is 0.410. The van der Waals surface area contributed by atoms with Crippen LogP contribution in [-0.2, 0) is 19.1 Å². The van der Waals surface area contributed by atoms with E-state index in [0.29, 0.717) is 0 Å². The number of aliphatic hydroxyl groups excluding tert-OH is 2. The minimum absolute atomic E-state index is 0.184. The van der Waals surface area contributed by atoms with Gasteiger partial charge in [0.15, 0.2) is 5.60 Å². The molecule has 0 aliphatic rings. The van der Waals surface area contributed by atoms with Crippen molar-refractivity contribution in [3.63, 3.8) is 0 Å². The van der Waals surface area contributed by atoms with Crippen LogP contribution in [0.25, 0.3) is 0 Å². The van der Waals surface area contributed by atoms with Gasteiger partial charge in [-0.1, -0.05) is 0 Å². The van der Waals surface area contributed by atoms with Gasteiger partial charge in [-0.3, -0.25) is 0 Å².